The highest BCUT2D eigenvalue weighted by molar-refractivity contribution is 6.31. The number of benzene rings is 1. The number of aryl methyl sites for hydroxylation is 1. The Morgan fingerprint density at radius 3 is 2.45 bits per heavy atom. The van der Waals surface area contributed by atoms with Gasteiger partial charge < -0.3 is 10.1 Å². The standard InChI is InChI=1S/C21H23ClN2O5/c1-10-3-6-14(22)8-15(10)23-16(25)9-29-21(28)11(2)24-19(26)17-12-4-5-13(7-12)18(17)20(24)27/h3,6,8,11-13,17-18H,4-5,7,9H2,1-2H3,(H,23,25)/t11-,12-,13-,17-,18-/m0/s1. The van der Waals surface area contributed by atoms with Crippen molar-refractivity contribution in [3.63, 3.8) is 0 Å². The number of carbonyl (C=O) groups is 4. The van der Waals surface area contributed by atoms with Gasteiger partial charge >= 0.3 is 5.97 Å². The minimum absolute atomic E-state index is 0.251. The predicted octanol–water partition coefficient (Wildman–Crippen LogP) is 2.55. The summed E-state index contributed by atoms with van der Waals surface area (Å²) in [6.07, 6.45) is 2.88. The first-order valence-corrected chi connectivity index (χ1v) is 10.2. The second-order valence-corrected chi connectivity index (χ2v) is 8.66. The van der Waals surface area contributed by atoms with Crippen molar-refractivity contribution < 1.29 is 23.9 Å². The highest BCUT2D eigenvalue weighted by atomic mass is 35.5. The van der Waals surface area contributed by atoms with Crippen molar-refractivity contribution in [2.24, 2.45) is 23.7 Å². The van der Waals surface area contributed by atoms with Gasteiger partial charge in [0.25, 0.3) is 5.91 Å². The number of halogens is 1. The SMILES string of the molecule is Cc1ccc(Cl)cc1NC(=O)COC(=O)[C@H](C)N1C(=O)[C@H]2[C@H]3CC[C@@H](C3)[C@@H]2C1=O. The molecule has 154 valence electrons. The molecule has 1 aliphatic heterocycles. The molecule has 5 atom stereocenters. The lowest BCUT2D eigenvalue weighted by molar-refractivity contribution is -0.159. The number of nitrogens with zero attached hydrogens (tertiary/aromatic N) is 1. The largest absolute Gasteiger partial charge is 0.454 e. The van der Waals surface area contributed by atoms with Crippen molar-refractivity contribution in [2.75, 3.05) is 11.9 Å². The number of anilines is 1. The molecule has 0 unspecified atom stereocenters. The van der Waals surface area contributed by atoms with Gasteiger partial charge in [0.15, 0.2) is 6.61 Å². The summed E-state index contributed by atoms with van der Waals surface area (Å²) in [5.41, 5.74) is 1.34. The summed E-state index contributed by atoms with van der Waals surface area (Å²) in [6, 6.07) is 4.04. The Morgan fingerprint density at radius 1 is 1.21 bits per heavy atom. The van der Waals surface area contributed by atoms with Crippen molar-refractivity contribution in [3.05, 3.63) is 28.8 Å². The Kier molecular flexibility index (Phi) is 5.11. The topological polar surface area (TPSA) is 92.8 Å². The Hall–Kier alpha value is -2.41. The van der Waals surface area contributed by atoms with Crippen LogP contribution >= 0.6 is 11.6 Å². The van der Waals surface area contributed by atoms with E-state index in [9.17, 15) is 19.2 Å². The number of esters is 1. The minimum atomic E-state index is -1.04. The summed E-state index contributed by atoms with van der Waals surface area (Å²) in [5.74, 6) is -1.90. The predicted molar refractivity (Wildman–Crippen MR) is 105 cm³/mol. The van der Waals surface area contributed by atoms with Crippen LogP contribution in [0.4, 0.5) is 5.69 Å². The number of nitrogens with one attached hydrogen (secondary N) is 1. The molecule has 3 amide bonds. The fraction of sp³-hybridized carbons (Fsp3) is 0.524. The van der Waals surface area contributed by atoms with Crippen LogP contribution in [0.25, 0.3) is 0 Å². The number of carbonyl (C=O) groups excluding carboxylic acids is 4. The molecule has 1 N–H and O–H groups in total. The molecule has 1 aromatic carbocycles. The second-order valence-electron chi connectivity index (χ2n) is 8.22. The quantitative estimate of drug-likeness (QED) is 0.586. The summed E-state index contributed by atoms with van der Waals surface area (Å²) >= 11 is 5.93. The highest BCUT2D eigenvalue weighted by Gasteiger charge is 2.62. The Bertz CT molecular complexity index is 873. The molecule has 3 aliphatic rings. The number of hydrogen-bond donors (Lipinski definition) is 1. The fourth-order valence-electron chi connectivity index (χ4n) is 5.09. The summed E-state index contributed by atoms with van der Waals surface area (Å²) in [5, 5.41) is 3.11. The molecule has 7 nitrogen and oxygen atoms in total. The van der Waals surface area contributed by atoms with E-state index in [2.05, 4.69) is 5.32 Å². The van der Waals surface area contributed by atoms with Crippen LogP contribution in [0.3, 0.4) is 0 Å². The second kappa shape index (κ2) is 7.44. The van der Waals surface area contributed by atoms with Gasteiger partial charge in [0.2, 0.25) is 11.8 Å². The smallest absolute Gasteiger partial charge is 0.329 e. The van der Waals surface area contributed by atoms with Crippen LogP contribution in [0.2, 0.25) is 5.02 Å². The van der Waals surface area contributed by atoms with Gasteiger partial charge in [-0.2, -0.15) is 0 Å². The third-order valence-electron chi connectivity index (χ3n) is 6.51. The third-order valence-corrected chi connectivity index (χ3v) is 6.74. The van der Waals surface area contributed by atoms with E-state index < -0.39 is 24.5 Å². The number of fused-ring (bicyclic) bond motifs is 5. The molecule has 2 aliphatic carbocycles. The lowest BCUT2D eigenvalue weighted by Crippen LogP contribution is -2.45. The van der Waals surface area contributed by atoms with Crippen LogP contribution in [-0.4, -0.2) is 41.2 Å². The van der Waals surface area contributed by atoms with Gasteiger partial charge in [-0.3, -0.25) is 19.3 Å². The summed E-state index contributed by atoms with van der Waals surface area (Å²) < 4.78 is 5.08. The lowest BCUT2D eigenvalue weighted by atomic mass is 9.81. The molecular formula is C21H23ClN2O5. The van der Waals surface area contributed by atoms with E-state index in [0.29, 0.717) is 10.7 Å². The molecule has 0 aromatic heterocycles. The zero-order valence-electron chi connectivity index (χ0n) is 16.3. The monoisotopic (exact) mass is 418 g/mol. The Balaban J connectivity index is 1.35. The summed E-state index contributed by atoms with van der Waals surface area (Å²) in [7, 11) is 0. The maximum absolute atomic E-state index is 12.8. The molecule has 1 aromatic rings. The van der Waals surface area contributed by atoms with E-state index in [1.165, 1.54) is 6.92 Å². The van der Waals surface area contributed by atoms with E-state index in [-0.39, 0.29) is 35.5 Å². The first-order valence-electron chi connectivity index (χ1n) is 9.87. The number of amides is 3. The summed E-state index contributed by atoms with van der Waals surface area (Å²) in [4.78, 5) is 51.2. The first-order chi connectivity index (χ1) is 13.8. The highest BCUT2D eigenvalue weighted by Crippen LogP contribution is 2.56. The molecule has 0 radical (unpaired) electrons. The average molecular weight is 419 g/mol. The molecule has 2 bridgehead atoms. The van der Waals surface area contributed by atoms with Crippen LogP contribution in [0.1, 0.15) is 31.7 Å². The molecule has 2 saturated carbocycles. The number of hydrogen-bond acceptors (Lipinski definition) is 5. The number of rotatable bonds is 5. The van der Waals surface area contributed by atoms with Gasteiger partial charge in [-0.25, -0.2) is 4.79 Å². The zero-order valence-corrected chi connectivity index (χ0v) is 17.1. The van der Waals surface area contributed by atoms with Gasteiger partial charge in [-0.1, -0.05) is 17.7 Å². The van der Waals surface area contributed by atoms with Crippen molar-refractivity contribution >= 4 is 41.0 Å². The molecule has 1 saturated heterocycles. The van der Waals surface area contributed by atoms with Crippen LogP contribution in [-0.2, 0) is 23.9 Å². The van der Waals surface area contributed by atoms with Crippen molar-refractivity contribution in [1.29, 1.82) is 0 Å². The van der Waals surface area contributed by atoms with E-state index in [0.717, 1.165) is 29.7 Å². The molecule has 1 heterocycles. The Morgan fingerprint density at radius 2 is 1.83 bits per heavy atom. The number of likely N-dealkylation sites (tertiary alicyclic amines) is 1. The normalized spacial score (nSPS) is 28.4. The zero-order chi connectivity index (χ0) is 20.9. The third kappa shape index (κ3) is 3.41. The van der Waals surface area contributed by atoms with Gasteiger partial charge in [0, 0.05) is 10.7 Å². The molecule has 8 heteroatoms. The van der Waals surface area contributed by atoms with E-state index in [1.54, 1.807) is 18.2 Å². The number of imide groups is 1. The van der Waals surface area contributed by atoms with Gasteiger partial charge in [0.05, 0.1) is 11.8 Å². The average Bonchev–Trinajstić information content (AvgIpc) is 3.36. The summed E-state index contributed by atoms with van der Waals surface area (Å²) in [6.45, 7) is 2.78. The molecular weight excluding hydrogens is 396 g/mol. The van der Waals surface area contributed by atoms with Crippen LogP contribution in [0.15, 0.2) is 18.2 Å². The van der Waals surface area contributed by atoms with Crippen molar-refractivity contribution in [2.45, 2.75) is 39.2 Å². The van der Waals surface area contributed by atoms with Gasteiger partial charge in [-0.15, -0.1) is 0 Å². The van der Waals surface area contributed by atoms with Crippen LogP contribution in [0.5, 0.6) is 0 Å². The van der Waals surface area contributed by atoms with Crippen LogP contribution < -0.4 is 5.32 Å². The molecule has 3 fully saturated rings. The van der Waals surface area contributed by atoms with Crippen LogP contribution in [0, 0.1) is 30.6 Å². The van der Waals surface area contributed by atoms with Crippen molar-refractivity contribution in [3.8, 4) is 0 Å². The van der Waals surface area contributed by atoms with Gasteiger partial charge in [0.1, 0.15) is 6.04 Å². The number of ether oxygens (including phenoxy) is 1. The molecule has 29 heavy (non-hydrogen) atoms. The lowest BCUT2D eigenvalue weighted by Gasteiger charge is -2.23. The maximum Gasteiger partial charge on any atom is 0.329 e. The van der Waals surface area contributed by atoms with E-state index >= 15 is 0 Å². The van der Waals surface area contributed by atoms with Gasteiger partial charge in [-0.05, 0) is 62.6 Å². The Labute approximate surface area is 173 Å². The molecule has 4 rings (SSSR count). The minimum Gasteiger partial charge on any atom is -0.454 e. The fourth-order valence-corrected chi connectivity index (χ4v) is 5.26. The maximum atomic E-state index is 12.8. The van der Waals surface area contributed by atoms with Crippen molar-refractivity contribution in [1.82, 2.24) is 4.90 Å². The molecule has 0 spiro atoms. The van der Waals surface area contributed by atoms with E-state index in [4.69, 9.17) is 16.3 Å². The first kappa shape index (κ1) is 19.9. The van der Waals surface area contributed by atoms with E-state index in [1.807, 2.05) is 6.92 Å².